The zero-order valence-corrected chi connectivity index (χ0v) is 15.2. The van der Waals surface area contributed by atoms with E-state index in [1.54, 1.807) is 24.5 Å². The number of nitrogens with zero attached hydrogens (tertiary/aromatic N) is 1. The van der Waals surface area contributed by atoms with E-state index in [4.69, 9.17) is 0 Å². The minimum Gasteiger partial charge on any atom is -0.333 e. The van der Waals surface area contributed by atoms with Gasteiger partial charge in [0.05, 0.1) is 6.54 Å². The fraction of sp³-hybridized carbons (Fsp3) is 0.263. The molecule has 24 heavy (non-hydrogen) atoms. The third-order valence-electron chi connectivity index (χ3n) is 3.70. The van der Waals surface area contributed by atoms with Gasteiger partial charge in [0.1, 0.15) is 0 Å². The van der Waals surface area contributed by atoms with Gasteiger partial charge in [0.2, 0.25) is 11.8 Å². The van der Waals surface area contributed by atoms with Crippen LogP contribution in [0.2, 0.25) is 0 Å². The van der Waals surface area contributed by atoms with Gasteiger partial charge in [0.25, 0.3) is 0 Å². The molecule has 126 valence electrons. The molecule has 0 spiro atoms. The van der Waals surface area contributed by atoms with Crippen molar-refractivity contribution in [2.75, 3.05) is 18.9 Å². The van der Waals surface area contributed by atoms with Gasteiger partial charge in [-0.2, -0.15) is 0 Å². The monoisotopic (exact) mass is 342 g/mol. The Morgan fingerprint density at radius 1 is 1.17 bits per heavy atom. The van der Waals surface area contributed by atoms with E-state index in [-0.39, 0.29) is 18.4 Å². The lowest BCUT2D eigenvalue weighted by Crippen LogP contribution is -2.34. The van der Waals surface area contributed by atoms with Crippen LogP contribution in [-0.2, 0) is 9.59 Å². The number of hydrogen-bond acceptors (Lipinski definition) is 3. The number of carbonyl (C=O) groups is 2. The van der Waals surface area contributed by atoms with Crippen LogP contribution in [0.25, 0.3) is 6.08 Å². The SMILES string of the molecule is Cc1ccc(C)c(NC(=O)CN(C)C(=O)/C=C/c2sccc2C)c1. The molecule has 1 heterocycles. The Hall–Kier alpha value is -2.40. The lowest BCUT2D eigenvalue weighted by Gasteiger charge is -2.16. The van der Waals surface area contributed by atoms with E-state index in [1.165, 1.54) is 11.0 Å². The maximum Gasteiger partial charge on any atom is 0.246 e. The Kier molecular flexibility index (Phi) is 5.93. The average molecular weight is 342 g/mol. The van der Waals surface area contributed by atoms with Gasteiger partial charge in [-0.25, -0.2) is 0 Å². The van der Waals surface area contributed by atoms with E-state index >= 15 is 0 Å². The highest BCUT2D eigenvalue weighted by Crippen LogP contribution is 2.17. The molecule has 0 unspecified atom stereocenters. The third kappa shape index (κ3) is 4.80. The van der Waals surface area contributed by atoms with Crippen LogP contribution in [0.15, 0.2) is 35.7 Å². The minimum atomic E-state index is -0.208. The fourth-order valence-corrected chi connectivity index (χ4v) is 3.00. The highest BCUT2D eigenvalue weighted by atomic mass is 32.1. The Morgan fingerprint density at radius 3 is 2.58 bits per heavy atom. The van der Waals surface area contributed by atoms with Crippen molar-refractivity contribution in [3.63, 3.8) is 0 Å². The Balaban J connectivity index is 1.93. The van der Waals surface area contributed by atoms with Gasteiger partial charge in [-0.3, -0.25) is 9.59 Å². The van der Waals surface area contributed by atoms with Crippen LogP contribution in [0, 0.1) is 20.8 Å². The molecule has 1 N–H and O–H groups in total. The van der Waals surface area contributed by atoms with E-state index in [0.717, 1.165) is 27.3 Å². The highest BCUT2D eigenvalue weighted by Gasteiger charge is 2.12. The number of aryl methyl sites for hydroxylation is 3. The standard InChI is InChI=1S/C19H22N2O2S/c1-13-5-6-14(2)16(11-13)20-18(22)12-21(4)19(23)8-7-17-15(3)9-10-24-17/h5-11H,12H2,1-4H3,(H,20,22)/b8-7+. The number of anilines is 1. The molecule has 0 radical (unpaired) electrons. The lowest BCUT2D eigenvalue weighted by molar-refractivity contribution is -0.129. The van der Waals surface area contributed by atoms with Crippen LogP contribution in [0.1, 0.15) is 21.6 Å². The summed E-state index contributed by atoms with van der Waals surface area (Å²) in [7, 11) is 1.62. The predicted octanol–water partition coefficient (Wildman–Crippen LogP) is 3.78. The summed E-state index contributed by atoms with van der Waals surface area (Å²) in [6, 6.07) is 7.90. The number of likely N-dealkylation sites (N-methyl/N-ethyl adjacent to an activating group) is 1. The van der Waals surface area contributed by atoms with Crippen LogP contribution in [0.5, 0.6) is 0 Å². The number of benzene rings is 1. The number of amides is 2. The van der Waals surface area contributed by atoms with Crippen LogP contribution >= 0.6 is 11.3 Å². The third-order valence-corrected chi connectivity index (χ3v) is 4.69. The summed E-state index contributed by atoms with van der Waals surface area (Å²) in [5.74, 6) is -0.404. The number of hydrogen-bond donors (Lipinski definition) is 1. The molecule has 5 heteroatoms. The molecule has 0 aliphatic rings. The summed E-state index contributed by atoms with van der Waals surface area (Å²) in [5.41, 5.74) is 4.00. The van der Waals surface area contributed by atoms with Gasteiger partial charge in [0, 0.05) is 23.7 Å². The van der Waals surface area contributed by atoms with Crippen LogP contribution < -0.4 is 5.32 Å². The van der Waals surface area contributed by atoms with Gasteiger partial charge in [-0.1, -0.05) is 12.1 Å². The molecule has 0 bridgehead atoms. The molecule has 0 saturated carbocycles. The molecule has 0 fully saturated rings. The molecule has 2 amide bonds. The van der Waals surface area contributed by atoms with Gasteiger partial charge in [-0.15, -0.1) is 11.3 Å². The van der Waals surface area contributed by atoms with Crippen molar-refractivity contribution in [2.45, 2.75) is 20.8 Å². The summed E-state index contributed by atoms with van der Waals surface area (Å²) in [5, 5.41) is 4.85. The molecule has 2 rings (SSSR count). The molecule has 1 aromatic heterocycles. The summed E-state index contributed by atoms with van der Waals surface area (Å²) in [4.78, 5) is 26.7. The first-order valence-electron chi connectivity index (χ1n) is 7.71. The first-order chi connectivity index (χ1) is 11.4. The van der Waals surface area contributed by atoms with Crippen molar-refractivity contribution in [2.24, 2.45) is 0 Å². The quantitative estimate of drug-likeness (QED) is 0.841. The Morgan fingerprint density at radius 2 is 1.92 bits per heavy atom. The molecular weight excluding hydrogens is 320 g/mol. The molecule has 0 aliphatic heterocycles. The largest absolute Gasteiger partial charge is 0.333 e. The van der Waals surface area contributed by atoms with Crippen molar-refractivity contribution >= 4 is 34.9 Å². The average Bonchev–Trinajstić information content (AvgIpc) is 2.93. The van der Waals surface area contributed by atoms with Gasteiger partial charge in [-0.05, 0) is 61.1 Å². The first-order valence-corrected chi connectivity index (χ1v) is 8.59. The van der Waals surface area contributed by atoms with Crippen molar-refractivity contribution < 1.29 is 9.59 Å². The van der Waals surface area contributed by atoms with Gasteiger partial charge in [0.15, 0.2) is 0 Å². The van der Waals surface area contributed by atoms with Crippen LogP contribution in [0.3, 0.4) is 0 Å². The summed E-state index contributed by atoms with van der Waals surface area (Å²) in [6.45, 7) is 5.93. The highest BCUT2D eigenvalue weighted by molar-refractivity contribution is 7.11. The van der Waals surface area contributed by atoms with E-state index in [9.17, 15) is 9.59 Å². The number of carbonyl (C=O) groups excluding carboxylic acids is 2. The number of rotatable bonds is 5. The predicted molar refractivity (Wildman–Crippen MR) is 100 cm³/mol. The lowest BCUT2D eigenvalue weighted by atomic mass is 10.1. The van der Waals surface area contributed by atoms with Crippen molar-refractivity contribution in [1.29, 1.82) is 0 Å². The van der Waals surface area contributed by atoms with Crippen molar-refractivity contribution in [1.82, 2.24) is 4.90 Å². The smallest absolute Gasteiger partial charge is 0.246 e. The molecule has 1 aromatic carbocycles. The van der Waals surface area contributed by atoms with Gasteiger partial charge >= 0.3 is 0 Å². The van der Waals surface area contributed by atoms with E-state index in [1.807, 2.05) is 50.4 Å². The van der Waals surface area contributed by atoms with Crippen molar-refractivity contribution in [3.8, 4) is 0 Å². The molecule has 0 saturated heterocycles. The Labute approximate surface area is 146 Å². The second-order valence-corrected chi connectivity index (χ2v) is 6.81. The van der Waals surface area contributed by atoms with E-state index in [0.29, 0.717) is 0 Å². The normalized spacial score (nSPS) is 10.8. The summed E-state index contributed by atoms with van der Waals surface area (Å²) < 4.78 is 0. The second kappa shape index (κ2) is 7.93. The summed E-state index contributed by atoms with van der Waals surface area (Å²) in [6.07, 6.45) is 3.30. The Bertz CT molecular complexity index is 777. The number of thiophene rings is 1. The molecule has 2 aromatic rings. The van der Waals surface area contributed by atoms with E-state index < -0.39 is 0 Å². The van der Waals surface area contributed by atoms with Gasteiger partial charge < -0.3 is 10.2 Å². The molecule has 0 aliphatic carbocycles. The fourth-order valence-electron chi connectivity index (χ4n) is 2.18. The summed E-state index contributed by atoms with van der Waals surface area (Å²) >= 11 is 1.59. The van der Waals surface area contributed by atoms with Crippen molar-refractivity contribution in [3.05, 3.63) is 57.3 Å². The molecule has 4 nitrogen and oxygen atoms in total. The van der Waals surface area contributed by atoms with Crippen LogP contribution in [0.4, 0.5) is 5.69 Å². The second-order valence-electron chi connectivity index (χ2n) is 5.86. The van der Waals surface area contributed by atoms with Crippen LogP contribution in [-0.4, -0.2) is 30.3 Å². The van der Waals surface area contributed by atoms with E-state index in [2.05, 4.69) is 5.32 Å². The zero-order chi connectivity index (χ0) is 17.7. The topological polar surface area (TPSA) is 49.4 Å². The molecule has 0 atom stereocenters. The molecular formula is C19H22N2O2S. The maximum absolute atomic E-state index is 12.2. The zero-order valence-electron chi connectivity index (χ0n) is 14.4. The minimum absolute atomic E-state index is 0.0139. The first kappa shape index (κ1) is 17.9. The number of nitrogens with one attached hydrogen (secondary N) is 1. The maximum atomic E-state index is 12.2.